The quantitative estimate of drug-likeness (QED) is 0.683. The number of hydrogen-bond acceptors (Lipinski definition) is 2. The molecule has 0 saturated carbocycles. The first kappa shape index (κ1) is 8.51. The summed E-state index contributed by atoms with van der Waals surface area (Å²) in [5, 5.41) is -0.441. The predicted octanol–water partition coefficient (Wildman–Crippen LogP) is 1.80. The summed E-state index contributed by atoms with van der Waals surface area (Å²) in [5.41, 5.74) is 1.91. The third-order valence-corrected chi connectivity index (χ3v) is 3.55. The van der Waals surface area contributed by atoms with Crippen molar-refractivity contribution in [2.45, 2.75) is 5.25 Å². The van der Waals surface area contributed by atoms with Crippen molar-refractivity contribution >= 4 is 15.9 Å². The van der Waals surface area contributed by atoms with Crippen LogP contribution in [0, 0.1) is 0 Å². The van der Waals surface area contributed by atoms with Crippen LogP contribution in [0.25, 0.3) is 6.08 Å². The van der Waals surface area contributed by atoms with Crippen molar-refractivity contribution in [3.05, 3.63) is 41.5 Å². The van der Waals surface area contributed by atoms with Crippen molar-refractivity contribution in [3.63, 3.8) is 0 Å². The summed E-state index contributed by atoms with van der Waals surface area (Å²) in [6.45, 7) is 0. The van der Waals surface area contributed by atoms with Gasteiger partial charge in [-0.2, -0.15) is 0 Å². The van der Waals surface area contributed by atoms with Gasteiger partial charge in [0.1, 0.15) is 5.25 Å². The Morgan fingerprint density at radius 3 is 2.62 bits per heavy atom. The van der Waals surface area contributed by atoms with Crippen molar-refractivity contribution in [2.75, 3.05) is 6.26 Å². The first-order valence-corrected chi connectivity index (χ1v) is 6.00. The zero-order valence-corrected chi connectivity index (χ0v) is 8.08. The van der Waals surface area contributed by atoms with Gasteiger partial charge in [0.15, 0.2) is 9.84 Å². The molecule has 1 aliphatic rings. The average molecular weight is 194 g/mol. The Hall–Kier alpha value is -1.09. The Balaban J connectivity index is 2.57. The van der Waals surface area contributed by atoms with Gasteiger partial charge in [-0.15, -0.1) is 0 Å². The molecule has 1 aromatic carbocycles. The minimum atomic E-state index is -3.00. The highest BCUT2D eigenvalue weighted by Crippen LogP contribution is 2.33. The molecule has 13 heavy (non-hydrogen) atoms. The Labute approximate surface area is 77.8 Å². The van der Waals surface area contributed by atoms with Crippen molar-refractivity contribution in [2.24, 2.45) is 0 Å². The Morgan fingerprint density at radius 1 is 1.23 bits per heavy atom. The summed E-state index contributed by atoms with van der Waals surface area (Å²) in [7, 11) is -3.00. The molecule has 0 saturated heterocycles. The molecule has 0 aromatic heterocycles. The van der Waals surface area contributed by atoms with Gasteiger partial charge in [0.05, 0.1) is 0 Å². The fourth-order valence-corrected chi connectivity index (χ4v) is 2.63. The Morgan fingerprint density at radius 2 is 1.92 bits per heavy atom. The highest BCUT2D eigenvalue weighted by Gasteiger charge is 2.25. The van der Waals surface area contributed by atoms with E-state index in [4.69, 9.17) is 0 Å². The zero-order chi connectivity index (χ0) is 9.47. The first-order valence-electron chi connectivity index (χ1n) is 4.05. The summed E-state index contributed by atoms with van der Waals surface area (Å²) in [6.07, 6.45) is 4.87. The second-order valence-corrected chi connectivity index (χ2v) is 5.41. The molecule has 1 aliphatic carbocycles. The van der Waals surface area contributed by atoms with Gasteiger partial charge in [0.25, 0.3) is 0 Å². The number of rotatable bonds is 1. The van der Waals surface area contributed by atoms with E-state index in [1.165, 1.54) is 6.26 Å². The molecule has 68 valence electrons. The van der Waals surface area contributed by atoms with Gasteiger partial charge in [-0.1, -0.05) is 36.4 Å². The number of benzene rings is 1. The molecule has 1 atom stereocenters. The molecule has 0 N–H and O–H groups in total. The topological polar surface area (TPSA) is 34.1 Å². The van der Waals surface area contributed by atoms with E-state index < -0.39 is 15.1 Å². The van der Waals surface area contributed by atoms with E-state index in [2.05, 4.69) is 0 Å². The fourth-order valence-electron chi connectivity index (χ4n) is 1.59. The summed E-state index contributed by atoms with van der Waals surface area (Å²) in [4.78, 5) is 0. The minimum Gasteiger partial charge on any atom is -0.228 e. The maximum absolute atomic E-state index is 11.3. The smallest absolute Gasteiger partial charge is 0.158 e. The monoisotopic (exact) mass is 194 g/mol. The number of hydrogen-bond donors (Lipinski definition) is 0. The SMILES string of the molecule is CS(=O)(=O)C1C=Cc2ccccc21. The van der Waals surface area contributed by atoms with Gasteiger partial charge in [-0.3, -0.25) is 0 Å². The van der Waals surface area contributed by atoms with Crippen molar-refractivity contribution in [1.82, 2.24) is 0 Å². The third-order valence-electron chi connectivity index (χ3n) is 2.21. The van der Waals surface area contributed by atoms with Crippen LogP contribution < -0.4 is 0 Å². The zero-order valence-electron chi connectivity index (χ0n) is 7.27. The molecule has 3 heteroatoms. The van der Waals surface area contributed by atoms with Crippen LogP contribution in [-0.2, 0) is 9.84 Å². The molecular weight excluding hydrogens is 184 g/mol. The molecule has 0 bridgehead atoms. The standard InChI is InChI=1S/C10H10O2S/c1-13(11,12)10-7-6-8-4-2-3-5-9(8)10/h2-7,10H,1H3. The molecule has 0 fully saturated rings. The Kier molecular flexibility index (Phi) is 1.77. The largest absolute Gasteiger partial charge is 0.228 e. The van der Waals surface area contributed by atoms with Crippen LogP contribution in [0.3, 0.4) is 0 Å². The van der Waals surface area contributed by atoms with Crippen LogP contribution in [-0.4, -0.2) is 14.7 Å². The van der Waals surface area contributed by atoms with Gasteiger partial charge in [0, 0.05) is 6.26 Å². The lowest BCUT2D eigenvalue weighted by molar-refractivity contribution is 0.597. The van der Waals surface area contributed by atoms with Crippen LogP contribution in [0.15, 0.2) is 30.3 Å². The van der Waals surface area contributed by atoms with Crippen molar-refractivity contribution in [1.29, 1.82) is 0 Å². The van der Waals surface area contributed by atoms with E-state index in [1.807, 2.05) is 30.3 Å². The van der Waals surface area contributed by atoms with Crippen molar-refractivity contribution in [3.8, 4) is 0 Å². The van der Waals surface area contributed by atoms with Crippen LogP contribution in [0.4, 0.5) is 0 Å². The summed E-state index contributed by atoms with van der Waals surface area (Å²) in [5.74, 6) is 0. The van der Waals surface area contributed by atoms with Gasteiger partial charge in [-0.25, -0.2) is 8.42 Å². The second-order valence-electron chi connectivity index (χ2n) is 3.24. The highest BCUT2D eigenvalue weighted by atomic mass is 32.2. The van der Waals surface area contributed by atoms with E-state index in [1.54, 1.807) is 6.08 Å². The van der Waals surface area contributed by atoms with E-state index >= 15 is 0 Å². The predicted molar refractivity (Wildman–Crippen MR) is 53.1 cm³/mol. The summed E-state index contributed by atoms with van der Waals surface area (Å²) >= 11 is 0. The molecule has 2 nitrogen and oxygen atoms in total. The van der Waals surface area contributed by atoms with Crippen molar-refractivity contribution < 1.29 is 8.42 Å². The van der Waals surface area contributed by atoms with Crippen LogP contribution in [0.5, 0.6) is 0 Å². The first-order chi connectivity index (χ1) is 6.09. The van der Waals surface area contributed by atoms with Gasteiger partial charge >= 0.3 is 0 Å². The summed E-state index contributed by atoms with van der Waals surface area (Å²) in [6, 6.07) is 7.57. The summed E-state index contributed by atoms with van der Waals surface area (Å²) < 4.78 is 22.7. The molecule has 0 heterocycles. The normalized spacial score (nSPS) is 20.2. The van der Waals surface area contributed by atoms with Crippen LogP contribution in [0.2, 0.25) is 0 Å². The molecule has 0 spiro atoms. The molecule has 0 aliphatic heterocycles. The third kappa shape index (κ3) is 1.40. The second kappa shape index (κ2) is 2.70. The lowest BCUT2D eigenvalue weighted by atomic mass is 10.1. The molecule has 0 amide bonds. The lowest BCUT2D eigenvalue weighted by Gasteiger charge is -2.07. The maximum atomic E-state index is 11.3. The fraction of sp³-hybridized carbons (Fsp3) is 0.200. The maximum Gasteiger partial charge on any atom is 0.158 e. The van der Waals surface area contributed by atoms with E-state index in [-0.39, 0.29) is 0 Å². The van der Waals surface area contributed by atoms with Crippen LogP contribution in [0.1, 0.15) is 16.4 Å². The van der Waals surface area contributed by atoms with E-state index in [9.17, 15) is 8.42 Å². The van der Waals surface area contributed by atoms with Gasteiger partial charge in [-0.05, 0) is 11.1 Å². The number of sulfone groups is 1. The lowest BCUT2D eigenvalue weighted by Crippen LogP contribution is -2.07. The van der Waals surface area contributed by atoms with Gasteiger partial charge in [0.2, 0.25) is 0 Å². The molecule has 0 radical (unpaired) electrons. The molecule has 2 rings (SSSR count). The average Bonchev–Trinajstić information content (AvgIpc) is 2.45. The minimum absolute atomic E-state index is 0.441. The molecule has 1 unspecified atom stereocenters. The van der Waals surface area contributed by atoms with E-state index in [0.717, 1.165) is 11.1 Å². The highest BCUT2D eigenvalue weighted by molar-refractivity contribution is 7.91. The van der Waals surface area contributed by atoms with Crippen LogP contribution >= 0.6 is 0 Å². The molecule has 1 aromatic rings. The van der Waals surface area contributed by atoms with E-state index in [0.29, 0.717) is 0 Å². The van der Waals surface area contributed by atoms with Gasteiger partial charge < -0.3 is 0 Å². The number of fused-ring (bicyclic) bond motifs is 1. The molecular formula is C10H10O2S. The Bertz CT molecular complexity index is 458.